The van der Waals surface area contributed by atoms with E-state index < -0.39 is 12.2 Å². The van der Waals surface area contributed by atoms with Gasteiger partial charge in [-0.2, -0.15) is 0 Å². The normalized spacial score (nSPS) is 11.7. The van der Waals surface area contributed by atoms with Crippen LogP contribution in [0, 0.1) is 0 Å². The highest BCUT2D eigenvalue weighted by molar-refractivity contribution is 5.69. The highest BCUT2D eigenvalue weighted by Gasteiger charge is 2.11. The van der Waals surface area contributed by atoms with Crippen LogP contribution >= 0.6 is 0 Å². The van der Waals surface area contributed by atoms with Crippen LogP contribution in [0.1, 0.15) is 5.56 Å². The zero-order chi connectivity index (χ0) is 10.4. The van der Waals surface area contributed by atoms with Gasteiger partial charge in [0.05, 0.1) is 0 Å². The number of amides is 1. The molecule has 74 valence electrons. The summed E-state index contributed by atoms with van der Waals surface area (Å²) in [5.41, 5.74) is 5.72. The van der Waals surface area contributed by atoms with E-state index in [2.05, 4.69) is 4.74 Å². The van der Waals surface area contributed by atoms with Crippen LogP contribution in [0.5, 0.6) is 0 Å². The molecule has 0 saturated carbocycles. The van der Waals surface area contributed by atoms with Crippen molar-refractivity contribution in [3.05, 3.63) is 35.9 Å². The second-order valence-corrected chi connectivity index (χ2v) is 2.80. The molecule has 14 heavy (non-hydrogen) atoms. The monoisotopic (exact) mass is 193 g/mol. The molecule has 0 aliphatic carbocycles. The van der Waals surface area contributed by atoms with Gasteiger partial charge in [-0.1, -0.05) is 30.3 Å². The molecule has 0 heterocycles. The van der Waals surface area contributed by atoms with Crippen molar-refractivity contribution in [2.75, 3.05) is 0 Å². The first-order valence-electron chi connectivity index (χ1n) is 4.17. The molecule has 0 aromatic heterocycles. The molecular formula is C10H11NO3. The molecule has 0 saturated heterocycles. The van der Waals surface area contributed by atoms with E-state index in [1.54, 1.807) is 0 Å². The number of hydrogen-bond donors (Lipinski definition) is 1. The third kappa shape index (κ3) is 3.26. The van der Waals surface area contributed by atoms with Gasteiger partial charge in [-0.15, -0.1) is 0 Å². The molecule has 0 fully saturated rings. The van der Waals surface area contributed by atoms with E-state index in [1.165, 1.54) is 0 Å². The van der Waals surface area contributed by atoms with Gasteiger partial charge >= 0.3 is 6.09 Å². The number of carbonyl (C=O) groups is 2. The van der Waals surface area contributed by atoms with Crippen molar-refractivity contribution >= 4 is 12.4 Å². The highest BCUT2D eigenvalue weighted by Crippen LogP contribution is 2.04. The Balaban J connectivity index is 2.57. The van der Waals surface area contributed by atoms with Crippen LogP contribution < -0.4 is 5.73 Å². The maximum atomic E-state index is 10.5. The molecule has 2 N–H and O–H groups in total. The fourth-order valence-corrected chi connectivity index (χ4v) is 1.11. The third-order valence-electron chi connectivity index (χ3n) is 1.70. The Hall–Kier alpha value is -1.84. The average Bonchev–Trinajstić information content (AvgIpc) is 2.17. The minimum absolute atomic E-state index is 0.354. The lowest BCUT2D eigenvalue weighted by molar-refractivity contribution is -0.114. The summed E-state index contributed by atoms with van der Waals surface area (Å²) in [6, 6.07) is 9.26. The minimum atomic E-state index is -0.932. The molecule has 4 nitrogen and oxygen atoms in total. The summed E-state index contributed by atoms with van der Waals surface area (Å²) in [5.74, 6) is 0. The standard InChI is InChI=1S/C10H11NO3/c11-10(13)14-9(7-12)6-8-4-2-1-3-5-8/h1-5,7,9H,6H2,(H2,11,13)/t9-/m1/s1. The highest BCUT2D eigenvalue weighted by atomic mass is 16.6. The predicted molar refractivity (Wildman–Crippen MR) is 50.7 cm³/mol. The number of nitrogens with two attached hydrogens (primary N) is 1. The molecular weight excluding hydrogens is 182 g/mol. The first kappa shape index (κ1) is 10.2. The molecule has 0 spiro atoms. The number of benzene rings is 1. The number of carbonyl (C=O) groups excluding carboxylic acids is 2. The lowest BCUT2D eigenvalue weighted by Gasteiger charge is -2.09. The van der Waals surface area contributed by atoms with Crippen molar-refractivity contribution in [3.63, 3.8) is 0 Å². The number of hydrogen-bond acceptors (Lipinski definition) is 3. The SMILES string of the molecule is NC(=O)O[C@@H](C=O)Cc1ccccc1. The summed E-state index contributed by atoms with van der Waals surface area (Å²) in [4.78, 5) is 20.9. The van der Waals surface area contributed by atoms with Crippen molar-refractivity contribution in [1.29, 1.82) is 0 Å². The van der Waals surface area contributed by atoms with Crippen LogP contribution in [-0.4, -0.2) is 18.5 Å². The zero-order valence-corrected chi connectivity index (χ0v) is 7.55. The van der Waals surface area contributed by atoms with E-state index in [9.17, 15) is 9.59 Å². The molecule has 1 aromatic carbocycles. The van der Waals surface area contributed by atoms with E-state index in [4.69, 9.17) is 5.73 Å². The second-order valence-electron chi connectivity index (χ2n) is 2.80. The molecule has 0 aliphatic rings. The molecule has 0 radical (unpaired) electrons. The van der Waals surface area contributed by atoms with Crippen molar-refractivity contribution < 1.29 is 14.3 Å². The maximum absolute atomic E-state index is 10.5. The van der Waals surface area contributed by atoms with E-state index in [-0.39, 0.29) is 0 Å². The van der Waals surface area contributed by atoms with Gasteiger partial charge in [0.15, 0.2) is 12.4 Å². The van der Waals surface area contributed by atoms with Crippen LogP contribution in [0.25, 0.3) is 0 Å². The largest absolute Gasteiger partial charge is 0.438 e. The molecule has 1 aromatic rings. The van der Waals surface area contributed by atoms with E-state index in [0.29, 0.717) is 12.7 Å². The Morgan fingerprint density at radius 2 is 2.07 bits per heavy atom. The van der Waals surface area contributed by atoms with Gasteiger partial charge in [0.2, 0.25) is 0 Å². The van der Waals surface area contributed by atoms with Gasteiger partial charge in [-0.3, -0.25) is 4.79 Å². The summed E-state index contributed by atoms with van der Waals surface area (Å²) in [6.45, 7) is 0. The van der Waals surface area contributed by atoms with E-state index in [0.717, 1.165) is 5.56 Å². The first-order chi connectivity index (χ1) is 6.72. The minimum Gasteiger partial charge on any atom is -0.438 e. The Morgan fingerprint density at radius 1 is 1.43 bits per heavy atom. The Morgan fingerprint density at radius 3 is 2.57 bits per heavy atom. The van der Waals surface area contributed by atoms with Gasteiger partial charge in [0, 0.05) is 6.42 Å². The van der Waals surface area contributed by atoms with E-state index in [1.807, 2.05) is 30.3 Å². The quantitative estimate of drug-likeness (QED) is 0.722. The van der Waals surface area contributed by atoms with Crippen LogP contribution in [-0.2, 0) is 16.0 Å². The third-order valence-corrected chi connectivity index (χ3v) is 1.70. The van der Waals surface area contributed by atoms with Crippen LogP contribution in [0.15, 0.2) is 30.3 Å². The molecule has 4 heteroatoms. The zero-order valence-electron chi connectivity index (χ0n) is 7.55. The average molecular weight is 193 g/mol. The summed E-state index contributed by atoms with van der Waals surface area (Å²) in [6.07, 6.45) is -0.807. The lowest BCUT2D eigenvalue weighted by Crippen LogP contribution is -2.25. The number of ether oxygens (including phenoxy) is 1. The molecule has 0 aliphatic heterocycles. The number of aldehydes is 1. The topological polar surface area (TPSA) is 69.4 Å². The number of rotatable bonds is 4. The Bertz CT molecular complexity index is 310. The fraction of sp³-hybridized carbons (Fsp3) is 0.200. The molecule has 1 rings (SSSR count). The summed E-state index contributed by atoms with van der Waals surface area (Å²) < 4.78 is 4.57. The maximum Gasteiger partial charge on any atom is 0.405 e. The van der Waals surface area contributed by atoms with Gasteiger partial charge in [0.1, 0.15) is 0 Å². The van der Waals surface area contributed by atoms with E-state index >= 15 is 0 Å². The van der Waals surface area contributed by atoms with Crippen LogP contribution in [0.2, 0.25) is 0 Å². The predicted octanol–water partition coefficient (Wildman–Crippen LogP) is 0.892. The summed E-state index contributed by atoms with van der Waals surface area (Å²) in [7, 11) is 0. The second kappa shape index (κ2) is 5.01. The van der Waals surface area contributed by atoms with Crippen LogP contribution in [0.3, 0.4) is 0 Å². The Kier molecular flexibility index (Phi) is 3.67. The molecule has 1 amide bonds. The first-order valence-corrected chi connectivity index (χ1v) is 4.17. The van der Waals surface area contributed by atoms with Gasteiger partial charge in [0.25, 0.3) is 0 Å². The van der Waals surface area contributed by atoms with Gasteiger partial charge in [-0.05, 0) is 5.56 Å². The van der Waals surface area contributed by atoms with Gasteiger partial charge in [-0.25, -0.2) is 4.79 Å². The smallest absolute Gasteiger partial charge is 0.405 e. The molecule has 0 unspecified atom stereocenters. The Labute approximate surface area is 81.7 Å². The number of primary amides is 1. The summed E-state index contributed by atoms with van der Waals surface area (Å²) >= 11 is 0. The molecule has 1 atom stereocenters. The van der Waals surface area contributed by atoms with Crippen molar-refractivity contribution in [1.82, 2.24) is 0 Å². The van der Waals surface area contributed by atoms with Gasteiger partial charge < -0.3 is 10.5 Å². The summed E-state index contributed by atoms with van der Waals surface area (Å²) in [5, 5.41) is 0. The fourth-order valence-electron chi connectivity index (χ4n) is 1.11. The van der Waals surface area contributed by atoms with Crippen LogP contribution in [0.4, 0.5) is 4.79 Å². The molecule has 0 bridgehead atoms. The lowest BCUT2D eigenvalue weighted by atomic mass is 10.1. The van der Waals surface area contributed by atoms with Crippen molar-refractivity contribution in [2.24, 2.45) is 5.73 Å². The van der Waals surface area contributed by atoms with Crippen molar-refractivity contribution in [3.8, 4) is 0 Å². The van der Waals surface area contributed by atoms with Crippen molar-refractivity contribution in [2.45, 2.75) is 12.5 Å².